The molecule has 4 nitrogen and oxygen atoms in total. The second kappa shape index (κ2) is 8.06. The molecule has 1 aliphatic heterocycles. The second-order valence-corrected chi connectivity index (χ2v) is 7.69. The quantitative estimate of drug-likeness (QED) is 0.804. The molecule has 1 heterocycles. The molecule has 1 aromatic carbocycles. The second-order valence-electron chi connectivity index (χ2n) is 6.84. The van der Waals surface area contributed by atoms with Gasteiger partial charge in [0.25, 0.3) is 5.91 Å². The fraction of sp³-hybridized carbons (Fsp3) is 0.579. The molecular weight excluding hydrogens is 320 g/mol. The van der Waals surface area contributed by atoms with E-state index in [2.05, 4.69) is 5.32 Å². The van der Waals surface area contributed by atoms with Gasteiger partial charge in [0.15, 0.2) is 0 Å². The molecule has 0 radical (unpaired) electrons. The van der Waals surface area contributed by atoms with Gasteiger partial charge in [0.2, 0.25) is 5.91 Å². The maximum absolute atomic E-state index is 12.9. The molecule has 5 heteroatoms. The molecule has 0 spiro atoms. The predicted octanol–water partition coefficient (Wildman–Crippen LogP) is 3.32. The lowest BCUT2D eigenvalue weighted by molar-refractivity contribution is -0.121. The van der Waals surface area contributed by atoms with Crippen LogP contribution in [0.2, 0.25) is 0 Å². The van der Waals surface area contributed by atoms with Crippen LogP contribution in [-0.2, 0) is 4.79 Å². The maximum Gasteiger partial charge on any atom is 0.254 e. The molecule has 1 saturated carbocycles. The van der Waals surface area contributed by atoms with Crippen LogP contribution in [0.5, 0.6) is 0 Å². The number of nitrogens with one attached hydrogen (secondary N) is 1. The third-order valence-corrected chi connectivity index (χ3v) is 5.66. The van der Waals surface area contributed by atoms with Crippen molar-refractivity contribution in [2.45, 2.75) is 49.5 Å². The van der Waals surface area contributed by atoms with Gasteiger partial charge in [0, 0.05) is 30.4 Å². The van der Waals surface area contributed by atoms with Gasteiger partial charge < -0.3 is 10.2 Å². The summed E-state index contributed by atoms with van der Waals surface area (Å²) in [5.41, 5.74) is 0.803. The summed E-state index contributed by atoms with van der Waals surface area (Å²) in [5, 5.41) is 3.05. The van der Waals surface area contributed by atoms with Crippen molar-refractivity contribution in [3.8, 4) is 0 Å². The number of carbonyl (C=O) groups excluding carboxylic acids is 2. The van der Waals surface area contributed by atoms with Crippen LogP contribution < -0.4 is 5.32 Å². The standard InChI is InChI=1S/C19H26N2O2S/c1-24-17-7-3-2-6-16(17)19(23)21-12-4-5-14(13-21)8-11-18(22)20-15-9-10-15/h2-3,6-7,14-15H,4-5,8-13H2,1H3,(H,20,22). The summed E-state index contributed by atoms with van der Waals surface area (Å²) < 4.78 is 0. The van der Waals surface area contributed by atoms with Gasteiger partial charge in [-0.15, -0.1) is 11.8 Å². The van der Waals surface area contributed by atoms with Crippen LogP contribution in [0, 0.1) is 5.92 Å². The van der Waals surface area contributed by atoms with Gasteiger partial charge in [0.1, 0.15) is 0 Å². The number of benzene rings is 1. The number of hydrogen-bond donors (Lipinski definition) is 1. The van der Waals surface area contributed by atoms with Gasteiger partial charge in [0.05, 0.1) is 5.56 Å². The highest BCUT2D eigenvalue weighted by molar-refractivity contribution is 7.98. The van der Waals surface area contributed by atoms with Crippen molar-refractivity contribution in [3.63, 3.8) is 0 Å². The van der Waals surface area contributed by atoms with E-state index in [1.165, 1.54) is 0 Å². The molecule has 1 aromatic rings. The van der Waals surface area contributed by atoms with Crippen LogP contribution in [0.1, 0.15) is 48.9 Å². The molecule has 1 N–H and O–H groups in total. The number of carbonyl (C=O) groups is 2. The molecule has 1 saturated heterocycles. The molecule has 2 fully saturated rings. The Labute approximate surface area is 148 Å². The molecule has 1 unspecified atom stereocenters. The Kier molecular flexibility index (Phi) is 5.82. The highest BCUT2D eigenvalue weighted by Gasteiger charge is 2.27. The monoisotopic (exact) mass is 346 g/mol. The smallest absolute Gasteiger partial charge is 0.254 e. The largest absolute Gasteiger partial charge is 0.353 e. The van der Waals surface area contributed by atoms with Crippen LogP contribution in [0.3, 0.4) is 0 Å². The summed E-state index contributed by atoms with van der Waals surface area (Å²) in [4.78, 5) is 27.7. The number of piperidine rings is 1. The molecular formula is C19H26N2O2S. The Morgan fingerprint density at radius 3 is 2.79 bits per heavy atom. The van der Waals surface area contributed by atoms with Gasteiger partial charge >= 0.3 is 0 Å². The summed E-state index contributed by atoms with van der Waals surface area (Å²) in [6.07, 6.45) is 7.88. The van der Waals surface area contributed by atoms with Gasteiger partial charge in [-0.2, -0.15) is 0 Å². The normalized spacial score (nSPS) is 20.7. The Morgan fingerprint density at radius 2 is 2.04 bits per heavy atom. The van der Waals surface area contributed by atoms with Crippen LogP contribution in [-0.4, -0.2) is 42.1 Å². The van der Waals surface area contributed by atoms with Crippen LogP contribution in [0.4, 0.5) is 0 Å². The fourth-order valence-electron chi connectivity index (χ4n) is 3.34. The first-order valence-corrected chi connectivity index (χ1v) is 10.1. The van der Waals surface area contributed by atoms with Crippen molar-refractivity contribution in [1.29, 1.82) is 0 Å². The summed E-state index contributed by atoms with van der Waals surface area (Å²) in [6, 6.07) is 8.25. The van der Waals surface area contributed by atoms with Crippen molar-refractivity contribution < 1.29 is 9.59 Å². The zero-order valence-electron chi connectivity index (χ0n) is 14.3. The number of rotatable bonds is 6. The molecule has 24 heavy (non-hydrogen) atoms. The number of nitrogens with zero attached hydrogens (tertiary/aromatic N) is 1. The van der Waals surface area contributed by atoms with E-state index in [0.717, 1.165) is 55.7 Å². The van der Waals surface area contributed by atoms with E-state index >= 15 is 0 Å². The minimum Gasteiger partial charge on any atom is -0.353 e. The lowest BCUT2D eigenvalue weighted by Crippen LogP contribution is -2.40. The van der Waals surface area contributed by atoms with Crippen molar-refractivity contribution >= 4 is 23.6 Å². The SMILES string of the molecule is CSc1ccccc1C(=O)N1CCCC(CCC(=O)NC2CC2)C1. The Bertz CT molecular complexity index is 601. The fourth-order valence-corrected chi connectivity index (χ4v) is 3.93. The highest BCUT2D eigenvalue weighted by atomic mass is 32.2. The van der Waals surface area contributed by atoms with Gasteiger partial charge in [-0.25, -0.2) is 0 Å². The third-order valence-electron chi connectivity index (χ3n) is 4.87. The van der Waals surface area contributed by atoms with Crippen molar-refractivity contribution in [2.75, 3.05) is 19.3 Å². The zero-order valence-corrected chi connectivity index (χ0v) is 15.1. The van der Waals surface area contributed by atoms with Crippen LogP contribution in [0.25, 0.3) is 0 Å². The molecule has 1 atom stereocenters. The first kappa shape index (κ1) is 17.3. The Hall–Kier alpha value is -1.49. The van der Waals surface area contributed by atoms with E-state index in [9.17, 15) is 9.59 Å². The summed E-state index contributed by atoms with van der Waals surface area (Å²) in [5.74, 6) is 0.745. The number of likely N-dealkylation sites (tertiary alicyclic amines) is 1. The van der Waals surface area contributed by atoms with E-state index < -0.39 is 0 Å². The number of amides is 2. The Morgan fingerprint density at radius 1 is 1.25 bits per heavy atom. The van der Waals surface area contributed by atoms with E-state index in [0.29, 0.717) is 18.4 Å². The predicted molar refractivity (Wildman–Crippen MR) is 97.2 cm³/mol. The molecule has 2 amide bonds. The average molecular weight is 346 g/mol. The van der Waals surface area contributed by atoms with Crippen LogP contribution in [0.15, 0.2) is 29.2 Å². The van der Waals surface area contributed by atoms with E-state index in [1.54, 1.807) is 11.8 Å². The first-order valence-electron chi connectivity index (χ1n) is 8.89. The van der Waals surface area contributed by atoms with Gasteiger partial charge in [-0.05, 0) is 56.4 Å². The lowest BCUT2D eigenvalue weighted by Gasteiger charge is -2.33. The van der Waals surface area contributed by atoms with E-state index in [-0.39, 0.29) is 11.8 Å². The minimum atomic E-state index is 0.132. The summed E-state index contributed by atoms with van der Waals surface area (Å²) in [6.45, 7) is 1.60. The van der Waals surface area contributed by atoms with E-state index in [1.807, 2.05) is 35.4 Å². The first-order chi connectivity index (χ1) is 11.7. The summed E-state index contributed by atoms with van der Waals surface area (Å²) in [7, 11) is 0. The van der Waals surface area contributed by atoms with Gasteiger partial charge in [-0.3, -0.25) is 9.59 Å². The molecule has 0 bridgehead atoms. The zero-order chi connectivity index (χ0) is 16.9. The molecule has 0 aromatic heterocycles. The topological polar surface area (TPSA) is 49.4 Å². The average Bonchev–Trinajstić information content (AvgIpc) is 3.43. The number of hydrogen-bond acceptors (Lipinski definition) is 3. The molecule has 2 aliphatic rings. The van der Waals surface area contributed by atoms with E-state index in [4.69, 9.17) is 0 Å². The van der Waals surface area contributed by atoms with Crippen molar-refractivity contribution in [1.82, 2.24) is 10.2 Å². The third kappa shape index (κ3) is 4.53. The summed E-state index contributed by atoms with van der Waals surface area (Å²) >= 11 is 1.61. The lowest BCUT2D eigenvalue weighted by atomic mass is 9.92. The molecule has 130 valence electrons. The van der Waals surface area contributed by atoms with Crippen molar-refractivity contribution in [3.05, 3.63) is 29.8 Å². The highest BCUT2D eigenvalue weighted by Crippen LogP contribution is 2.26. The molecule has 1 aliphatic carbocycles. The van der Waals surface area contributed by atoms with Crippen LogP contribution >= 0.6 is 11.8 Å². The van der Waals surface area contributed by atoms with Gasteiger partial charge in [-0.1, -0.05) is 12.1 Å². The maximum atomic E-state index is 12.9. The molecule has 3 rings (SSSR count). The Balaban J connectivity index is 1.54. The minimum absolute atomic E-state index is 0.132. The number of thioether (sulfide) groups is 1. The van der Waals surface area contributed by atoms with Crippen molar-refractivity contribution in [2.24, 2.45) is 5.92 Å².